The maximum Gasteiger partial charge on any atom is 0.122 e. The van der Waals surface area contributed by atoms with Crippen molar-refractivity contribution in [2.75, 3.05) is 24.7 Å². The van der Waals surface area contributed by atoms with Crippen LogP contribution >= 0.6 is 11.8 Å². The molecule has 0 aliphatic carbocycles. The SMILES string of the molecule is Cc1cc(C)c(OCC2CSCCN2)cc1C. The topological polar surface area (TPSA) is 21.3 Å². The lowest BCUT2D eigenvalue weighted by Crippen LogP contribution is -2.41. The predicted octanol–water partition coefficient (Wildman–Crippen LogP) is 2.70. The molecule has 0 amide bonds. The molecule has 1 aliphatic rings. The van der Waals surface area contributed by atoms with E-state index in [2.05, 4.69) is 38.2 Å². The quantitative estimate of drug-likeness (QED) is 0.892. The lowest BCUT2D eigenvalue weighted by Gasteiger charge is -2.23. The molecule has 94 valence electrons. The van der Waals surface area contributed by atoms with Gasteiger partial charge in [-0.15, -0.1) is 0 Å². The largest absolute Gasteiger partial charge is 0.492 e. The zero-order chi connectivity index (χ0) is 12.3. The van der Waals surface area contributed by atoms with Gasteiger partial charge in [-0.1, -0.05) is 6.07 Å². The van der Waals surface area contributed by atoms with E-state index in [1.807, 2.05) is 11.8 Å². The molecule has 0 aromatic heterocycles. The molecule has 0 bridgehead atoms. The van der Waals surface area contributed by atoms with E-state index in [4.69, 9.17) is 4.74 Å². The monoisotopic (exact) mass is 251 g/mol. The molecule has 1 atom stereocenters. The molecule has 2 rings (SSSR count). The number of thioether (sulfide) groups is 1. The van der Waals surface area contributed by atoms with Crippen molar-refractivity contribution in [1.82, 2.24) is 5.32 Å². The summed E-state index contributed by atoms with van der Waals surface area (Å²) in [6, 6.07) is 4.85. The summed E-state index contributed by atoms with van der Waals surface area (Å²) < 4.78 is 5.94. The number of ether oxygens (including phenoxy) is 1. The van der Waals surface area contributed by atoms with E-state index in [0.717, 1.165) is 24.7 Å². The van der Waals surface area contributed by atoms with Crippen LogP contribution in [0.25, 0.3) is 0 Å². The summed E-state index contributed by atoms with van der Waals surface area (Å²) in [5.74, 6) is 3.41. The lowest BCUT2D eigenvalue weighted by atomic mass is 10.1. The van der Waals surface area contributed by atoms with Crippen LogP contribution in [0.2, 0.25) is 0 Å². The molecule has 0 radical (unpaired) electrons. The molecule has 1 saturated heterocycles. The molecular formula is C14H21NOS. The Labute approximate surface area is 108 Å². The fraction of sp³-hybridized carbons (Fsp3) is 0.571. The molecular weight excluding hydrogens is 230 g/mol. The summed E-state index contributed by atoms with van der Waals surface area (Å²) in [6.07, 6.45) is 0. The fourth-order valence-corrected chi connectivity index (χ4v) is 2.93. The average Bonchev–Trinajstić information content (AvgIpc) is 2.33. The standard InChI is InChI=1S/C14H21NOS/c1-10-6-12(3)14(7-11(10)2)16-8-13-9-17-5-4-15-13/h6-7,13,15H,4-5,8-9H2,1-3H3. The third-order valence-corrected chi connectivity index (χ3v) is 4.36. The van der Waals surface area contributed by atoms with Crippen molar-refractivity contribution in [2.24, 2.45) is 0 Å². The molecule has 0 saturated carbocycles. The van der Waals surface area contributed by atoms with Crippen molar-refractivity contribution in [3.63, 3.8) is 0 Å². The van der Waals surface area contributed by atoms with Crippen LogP contribution in [-0.2, 0) is 0 Å². The first-order valence-corrected chi connectivity index (χ1v) is 7.34. The van der Waals surface area contributed by atoms with E-state index >= 15 is 0 Å². The second-order valence-electron chi connectivity index (χ2n) is 4.74. The first-order chi connectivity index (χ1) is 8.16. The lowest BCUT2D eigenvalue weighted by molar-refractivity contribution is 0.274. The van der Waals surface area contributed by atoms with E-state index < -0.39 is 0 Å². The Hall–Kier alpha value is -0.670. The Balaban J connectivity index is 1.96. The third kappa shape index (κ3) is 3.39. The van der Waals surface area contributed by atoms with E-state index in [-0.39, 0.29) is 0 Å². The molecule has 1 aliphatic heterocycles. The van der Waals surface area contributed by atoms with Crippen LogP contribution in [0.5, 0.6) is 5.75 Å². The van der Waals surface area contributed by atoms with Gasteiger partial charge in [0.25, 0.3) is 0 Å². The molecule has 1 unspecified atom stereocenters. The van der Waals surface area contributed by atoms with Gasteiger partial charge in [0.05, 0.1) is 6.04 Å². The van der Waals surface area contributed by atoms with Gasteiger partial charge in [-0.25, -0.2) is 0 Å². The van der Waals surface area contributed by atoms with E-state index in [9.17, 15) is 0 Å². The van der Waals surface area contributed by atoms with Crippen molar-refractivity contribution < 1.29 is 4.74 Å². The molecule has 1 N–H and O–H groups in total. The maximum absolute atomic E-state index is 5.94. The minimum Gasteiger partial charge on any atom is -0.492 e. The second kappa shape index (κ2) is 5.78. The zero-order valence-electron chi connectivity index (χ0n) is 10.9. The van der Waals surface area contributed by atoms with Crippen molar-refractivity contribution in [3.8, 4) is 5.75 Å². The van der Waals surface area contributed by atoms with Gasteiger partial charge in [-0.2, -0.15) is 11.8 Å². The van der Waals surface area contributed by atoms with E-state index in [1.165, 1.54) is 22.4 Å². The highest BCUT2D eigenvalue weighted by atomic mass is 32.2. The van der Waals surface area contributed by atoms with Gasteiger partial charge < -0.3 is 10.1 Å². The first-order valence-electron chi connectivity index (χ1n) is 6.18. The Bertz CT molecular complexity index is 386. The highest BCUT2D eigenvalue weighted by Gasteiger charge is 2.14. The molecule has 1 heterocycles. The number of aryl methyl sites for hydroxylation is 3. The molecule has 1 aromatic rings. The van der Waals surface area contributed by atoms with Gasteiger partial charge in [-0.3, -0.25) is 0 Å². The maximum atomic E-state index is 5.94. The van der Waals surface area contributed by atoms with Gasteiger partial charge in [0.2, 0.25) is 0 Å². The average molecular weight is 251 g/mol. The van der Waals surface area contributed by atoms with Gasteiger partial charge >= 0.3 is 0 Å². The van der Waals surface area contributed by atoms with Crippen molar-refractivity contribution in [3.05, 3.63) is 28.8 Å². The molecule has 1 aromatic carbocycles. The fourth-order valence-electron chi connectivity index (χ4n) is 2.01. The zero-order valence-corrected chi connectivity index (χ0v) is 11.7. The first kappa shape index (κ1) is 12.8. The Morgan fingerprint density at radius 2 is 2.00 bits per heavy atom. The summed E-state index contributed by atoms with van der Waals surface area (Å²) >= 11 is 2.01. The van der Waals surface area contributed by atoms with Crippen molar-refractivity contribution in [2.45, 2.75) is 26.8 Å². The van der Waals surface area contributed by atoms with Gasteiger partial charge in [0, 0.05) is 18.1 Å². The Morgan fingerprint density at radius 1 is 1.24 bits per heavy atom. The van der Waals surface area contributed by atoms with Crippen LogP contribution in [0.15, 0.2) is 12.1 Å². The third-order valence-electron chi connectivity index (χ3n) is 3.23. The van der Waals surface area contributed by atoms with Crippen LogP contribution in [0, 0.1) is 20.8 Å². The molecule has 0 spiro atoms. The predicted molar refractivity (Wildman–Crippen MR) is 75.3 cm³/mol. The summed E-state index contributed by atoms with van der Waals surface area (Å²) in [6.45, 7) is 8.27. The number of benzene rings is 1. The molecule has 2 nitrogen and oxygen atoms in total. The van der Waals surface area contributed by atoms with Gasteiger partial charge in [0.15, 0.2) is 0 Å². The van der Waals surface area contributed by atoms with Gasteiger partial charge in [-0.05, 0) is 43.5 Å². The Kier molecular flexibility index (Phi) is 4.35. The number of nitrogens with one attached hydrogen (secondary N) is 1. The minimum atomic E-state index is 0.495. The van der Waals surface area contributed by atoms with Crippen LogP contribution in [0.4, 0.5) is 0 Å². The second-order valence-corrected chi connectivity index (χ2v) is 5.89. The summed E-state index contributed by atoms with van der Waals surface area (Å²) in [5, 5.41) is 3.49. The molecule has 1 fully saturated rings. The highest BCUT2D eigenvalue weighted by Crippen LogP contribution is 2.22. The van der Waals surface area contributed by atoms with Crippen LogP contribution in [0.3, 0.4) is 0 Å². The van der Waals surface area contributed by atoms with Crippen LogP contribution in [0.1, 0.15) is 16.7 Å². The minimum absolute atomic E-state index is 0.495. The van der Waals surface area contributed by atoms with E-state index in [1.54, 1.807) is 0 Å². The Morgan fingerprint density at radius 3 is 2.71 bits per heavy atom. The number of hydrogen-bond donors (Lipinski definition) is 1. The van der Waals surface area contributed by atoms with Crippen molar-refractivity contribution >= 4 is 11.8 Å². The summed E-state index contributed by atoms with van der Waals surface area (Å²) in [4.78, 5) is 0. The van der Waals surface area contributed by atoms with E-state index in [0.29, 0.717) is 6.04 Å². The summed E-state index contributed by atoms with van der Waals surface area (Å²) in [5.41, 5.74) is 3.87. The van der Waals surface area contributed by atoms with Crippen LogP contribution < -0.4 is 10.1 Å². The number of hydrogen-bond acceptors (Lipinski definition) is 3. The molecule has 17 heavy (non-hydrogen) atoms. The summed E-state index contributed by atoms with van der Waals surface area (Å²) in [7, 11) is 0. The normalized spacial score (nSPS) is 20.3. The van der Waals surface area contributed by atoms with Gasteiger partial charge in [0.1, 0.15) is 12.4 Å². The highest BCUT2D eigenvalue weighted by molar-refractivity contribution is 7.99. The van der Waals surface area contributed by atoms with Crippen molar-refractivity contribution in [1.29, 1.82) is 0 Å². The molecule has 3 heteroatoms. The smallest absolute Gasteiger partial charge is 0.122 e. The number of rotatable bonds is 3. The van der Waals surface area contributed by atoms with Crippen LogP contribution in [-0.4, -0.2) is 30.7 Å².